The van der Waals surface area contributed by atoms with Crippen molar-refractivity contribution in [3.8, 4) is 0 Å². The Morgan fingerprint density at radius 3 is 3.15 bits per heavy atom. The predicted octanol–water partition coefficient (Wildman–Crippen LogP) is 2.21. The molecule has 1 saturated heterocycles. The lowest BCUT2D eigenvalue weighted by molar-refractivity contribution is 0.100. The molecule has 106 valence electrons. The molecular formula is C15H20N4O. The van der Waals surface area contributed by atoms with Gasteiger partial charge in [0, 0.05) is 0 Å². The molecule has 1 aliphatic rings. The van der Waals surface area contributed by atoms with Gasteiger partial charge in [-0.15, -0.1) is 0 Å². The summed E-state index contributed by atoms with van der Waals surface area (Å²) < 4.78 is 0. The zero-order valence-corrected chi connectivity index (χ0v) is 11.7. The van der Waals surface area contributed by atoms with Gasteiger partial charge < -0.3 is 10.7 Å². The van der Waals surface area contributed by atoms with Crippen LogP contribution in [0, 0.1) is 0 Å². The zero-order valence-electron chi connectivity index (χ0n) is 11.7. The number of imidazole rings is 1. The van der Waals surface area contributed by atoms with Crippen molar-refractivity contribution in [3.05, 3.63) is 29.6 Å². The maximum absolute atomic E-state index is 11.5. The van der Waals surface area contributed by atoms with E-state index in [2.05, 4.69) is 21.8 Å². The average molecular weight is 272 g/mol. The lowest BCUT2D eigenvalue weighted by Gasteiger charge is -2.21. The third kappa shape index (κ3) is 2.18. The molecule has 0 unspecified atom stereocenters. The number of primary amides is 1. The first-order chi connectivity index (χ1) is 9.70. The number of nitrogens with zero attached hydrogens (tertiary/aromatic N) is 2. The number of nitrogens with one attached hydrogen (secondary N) is 1. The first-order valence-corrected chi connectivity index (χ1v) is 7.23. The largest absolute Gasteiger partial charge is 0.366 e. The number of H-pyrrole nitrogens is 1. The minimum Gasteiger partial charge on any atom is -0.366 e. The van der Waals surface area contributed by atoms with E-state index in [0.717, 1.165) is 37.3 Å². The Labute approximate surface area is 118 Å². The summed E-state index contributed by atoms with van der Waals surface area (Å²) in [6, 6.07) is 5.84. The van der Waals surface area contributed by atoms with Gasteiger partial charge >= 0.3 is 0 Å². The molecular weight excluding hydrogens is 252 g/mol. The van der Waals surface area contributed by atoms with Gasteiger partial charge in [0.1, 0.15) is 11.3 Å². The van der Waals surface area contributed by atoms with Gasteiger partial charge in [0.25, 0.3) is 5.91 Å². The van der Waals surface area contributed by atoms with E-state index in [1.807, 2.05) is 12.1 Å². The predicted molar refractivity (Wildman–Crippen MR) is 78.5 cm³/mol. The Kier molecular flexibility index (Phi) is 3.44. The van der Waals surface area contributed by atoms with Crippen LogP contribution in [0.2, 0.25) is 0 Å². The molecule has 1 atom stereocenters. The Hall–Kier alpha value is -1.88. The molecule has 2 heterocycles. The number of nitrogens with two attached hydrogens (primary N) is 1. The summed E-state index contributed by atoms with van der Waals surface area (Å²) in [5.41, 5.74) is 7.49. The number of para-hydroxylation sites is 1. The second-order valence-corrected chi connectivity index (χ2v) is 5.38. The summed E-state index contributed by atoms with van der Waals surface area (Å²) in [7, 11) is 0. The summed E-state index contributed by atoms with van der Waals surface area (Å²) >= 11 is 0. The van der Waals surface area contributed by atoms with Gasteiger partial charge in [0.2, 0.25) is 0 Å². The van der Waals surface area contributed by atoms with Crippen molar-refractivity contribution < 1.29 is 4.79 Å². The van der Waals surface area contributed by atoms with Crippen molar-refractivity contribution in [2.45, 2.75) is 32.2 Å². The van der Waals surface area contributed by atoms with Gasteiger partial charge in [-0.1, -0.05) is 13.0 Å². The standard InChI is InChI=1S/C15H20N4O/c1-2-8-19-9-4-7-12(19)15-17-11-6-3-5-10(14(16)20)13(11)18-15/h3,5-6,12H,2,4,7-9H2,1H3,(H2,16,20)(H,17,18)/t12-/m1/s1. The van der Waals surface area contributed by atoms with E-state index in [0.29, 0.717) is 17.1 Å². The molecule has 0 radical (unpaired) electrons. The average Bonchev–Trinajstić information content (AvgIpc) is 3.03. The summed E-state index contributed by atoms with van der Waals surface area (Å²) in [6.07, 6.45) is 3.46. The molecule has 1 aliphatic heterocycles. The second kappa shape index (κ2) is 5.25. The van der Waals surface area contributed by atoms with Crippen LogP contribution in [0.5, 0.6) is 0 Å². The monoisotopic (exact) mass is 272 g/mol. The number of hydrogen-bond donors (Lipinski definition) is 2. The van der Waals surface area contributed by atoms with Crippen LogP contribution in [0.15, 0.2) is 18.2 Å². The van der Waals surface area contributed by atoms with Crippen LogP contribution in [0.1, 0.15) is 48.4 Å². The topological polar surface area (TPSA) is 75.0 Å². The van der Waals surface area contributed by atoms with Crippen molar-refractivity contribution in [1.29, 1.82) is 0 Å². The fourth-order valence-corrected chi connectivity index (χ4v) is 3.10. The molecule has 2 aromatic rings. The summed E-state index contributed by atoms with van der Waals surface area (Å²) in [4.78, 5) is 21.9. The number of carbonyl (C=O) groups excluding carboxylic acids is 1. The summed E-state index contributed by atoms with van der Waals surface area (Å²) in [5, 5.41) is 0. The number of benzene rings is 1. The van der Waals surface area contributed by atoms with E-state index < -0.39 is 5.91 Å². The van der Waals surface area contributed by atoms with Crippen molar-refractivity contribution in [2.24, 2.45) is 5.73 Å². The third-order valence-electron chi connectivity index (χ3n) is 3.99. The highest BCUT2D eigenvalue weighted by molar-refractivity contribution is 6.04. The molecule has 1 aromatic heterocycles. The first-order valence-electron chi connectivity index (χ1n) is 7.23. The molecule has 20 heavy (non-hydrogen) atoms. The van der Waals surface area contributed by atoms with Gasteiger partial charge in [0.15, 0.2) is 0 Å². The second-order valence-electron chi connectivity index (χ2n) is 5.38. The highest BCUT2D eigenvalue weighted by Gasteiger charge is 2.28. The smallest absolute Gasteiger partial charge is 0.250 e. The molecule has 5 nitrogen and oxygen atoms in total. The number of hydrogen-bond acceptors (Lipinski definition) is 3. The molecule has 3 N–H and O–H groups in total. The highest BCUT2D eigenvalue weighted by Crippen LogP contribution is 2.31. The Morgan fingerprint density at radius 2 is 2.40 bits per heavy atom. The Bertz CT molecular complexity index is 634. The van der Waals surface area contributed by atoms with Crippen LogP contribution >= 0.6 is 0 Å². The van der Waals surface area contributed by atoms with Crippen LogP contribution in [-0.2, 0) is 0 Å². The van der Waals surface area contributed by atoms with Crippen molar-refractivity contribution in [2.75, 3.05) is 13.1 Å². The lowest BCUT2D eigenvalue weighted by atomic mass is 10.2. The minimum absolute atomic E-state index is 0.336. The van der Waals surface area contributed by atoms with E-state index in [4.69, 9.17) is 5.73 Å². The molecule has 0 aliphatic carbocycles. The van der Waals surface area contributed by atoms with Crippen LogP contribution in [0.4, 0.5) is 0 Å². The first kappa shape index (κ1) is 13.1. The van der Waals surface area contributed by atoms with Gasteiger partial charge in [-0.2, -0.15) is 0 Å². The number of fused-ring (bicyclic) bond motifs is 1. The molecule has 0 bridgehead atoms. The molecule has 1 fully saturated rings. The number of amides is 1. The van der Waals surface area contributed by atoms with Crippen LogP contribution in [-0.4, -0.2) is 33.9 Å². The van der Waals surface area contributed by atoms with Crippen molar-refractivity contribution >= 4 is 16.9 Å². The molecule has 3 rings (SSSR count). The highest BCUT2D eigenvalue weighted by atomic mass is 16.1. The fourth-order valence-electron chi connectivity index (χ4n) is 3.10. The van der Waals surface area contributed by atoms with E-state index in [9.17, 15) is 4.79 Å². The molecule has 5 heteroatoms. The van der Waals surface area contributed by atoms with E-state index >= 15 is 0 Å². The lowest BCUT2D eigenvalue weighted by Crippen LogP contribution is -2.24. The van der Waals surface area contributed by atoms with Crippen LogP contribution in [0.25, 0.3) is 11.0 Å². The van der Waals surface area contributed by atoms with E-state index in [1.165, 1.54) is 6.42 Å². The molecule has 0 spiro atoms. The molecule has 1 aromatic carbocycles. The van der Waals surface area contributed by atoms with Gasteiger partial charge in [-0.25, -0.2) is 4.98 Å². The maximum atomic E-state index is 11.5. The van der Waals surface area contributed by atoms with Gasteiger partial charge in [-0.05, 0) is 44.5 Å². The minimum atomic E-state index is -0.425. The normalized spacial score (nSPS) is 19.8. The molecule has 0 saturated carbocycles. The number of aromatic nitrogens is 2. The molecule has 1 amide bonds. The van der Waals surface area contributed by atoms with Gasteiger partial charge in [0.05, 0.1) is 17.1 Å². The zero-order chi connectivity index (χ0) is 14.1. The number of carbonyl (C=O) groups is 1. The number of aromatic amines is 1. The van der Waals surface area contributed by atoms with Crippen molar-refractivity contribution in [3.63, 3.8) is 0 Å². The van der Waals surface area contributed by atoms with Gasteiger partial charge in [-0.3, -0.25) is 9.69 Å². The van der Waals surface area contributed by atoms with Crippen LogP contribution in [0.3, 0.4) is 0 Å². The summed E-state index contributed by atoms with van der Waals surface area (Å²) in [6.45, 7) is 4.40. The van der Waals surface area contributed by atoms with Crippen LogP contribution < -0.4 is 5.73 Å². The Balaban J connectivity index is 2.00. The number of rotatable bonds is 4. The quantitative estimate of drug-likeness (QED) is 0.896. The van der Waals surface area contributed by atoms with E-state index in [1.54, 1.807) is 6.07 Å². The van der Waals surface area contributed by atoms with E-state index in [-0.39, 0.29) is 0 Å². The Morgan fingerprint density at radius 1 is 1.55 bits per heavy atom. The summed E-state index contributed by atoms with van der Waals surface area (Å²) in [5.74, 6) is 0.533. The third-order valence-corrected chi connectivity index (χ3v) is 3.99. The fraction of sp³-hybridized carbons (Fsp3) is 0.467. The van der Waals surface area contributed by atoms with Crippen molar-refractivity contribution in [1.82, 2.24) is 14.9 Å². The maximum Gasteiger partial charge on any atom is 0.250 e. The SMILES string of the molecule is CCCN1CCC[C@@H]1c1nc2c(C(N)=O)cccc2[nH]1. The number of likely N-dealkylation sites (tertiary alicyclic amines) is 1.